The molecule has 0 spiro atoms. The summed E-state index contributed by atoms with van der Waals surface area (Å²) in [6.45, 7) is 2.73. The summed E-state index contributed by atoms with van der Waals surface area (Å²) in [5, 5.41) is 87.6. The molecule has 2 aliphatic heterocycles. The van der Waals surface area contributed by atoms with Gasteiger partial charge in [0.25, 0.3) is 0 Å². The zero-order valence-corrected chi connectivity index (χ0v) is 60.2. The van der Waals surface area contributed by atoms with Gasteiger partial charge in [0.05, 0.1) is 32.0 Å². The highest BCUT2D eigenvalue weighted by molar-refractivity contribution is 5.76. The van der Waals surface area contributed by atoms with Crippen molar-refractivity contribution in [1.82, 2.24) is 5.32 Å². The molecule has 0 aromatic carbocycles. The number of carbonyl (C=O) groups is 1. The van der Waals surface area contributed by atoms with Crippen molar-refractivity contribution < 1.29 is 64.6 Å². The van der Waals surface area contributed by atoms with E-state index in [9.17, 15) is 45.6 Å². The van der Waals surface area contributed by atoms with Crippen LogP contribution in [0.5, 0.6) is 0 Å². The first-order valence-electron chi connectivity index (χ1n) is 39.5. The van der Waals surface area contributed by atoms with Gasteiger partial charge in [-0.25, -0.2) is 0 Å². The maximum absolute atomic E-state index is 13.4. The van der Waals surface area contributed by atoms with Crippen molar-refractivity contribution in [3.63, 3.8) is 0 Å². The number of hydrogen-bond donors (Lipinski definition) is 9. The van der Waals surface area contributed by atoms with Gasteiger partial charge in [-0.2, -0.15) is 0 Å². The number of ether oxygens (including phenoxy) is 4. The largest absolute Gasteiger partial charge is 0.394 e. The molecule has 94 heavy (non-hydrogen) atoms. The van der Waals surface area contributed by atoms with Gasteiger partial charge in [0, 0.05) is 6.42 Å². The van der Waals surface area contributed by atoms with Crippen LogP contribution in [0.3, 0.4) is 0 Å². The van der Waals surface area contributed by atoms with Gasteiger partial charge < -0.3 is 65.1 Å². The molecule has 2 fully saturated rings. The highest BCUT2D eigenvalue weighted by atomic mass is 16.7. The predicted molar refractivity (Wildman–Crippen MR) is 387 cm³/mol. The van der Waals surface area contributed by atoms with Crippen molar-refractivity contribution in [3.05, 3.63) is 60.8 Å². The van der Waals surface area contributed by atoms with Gasteiger partial charge in [-0.15, -0.1) is 0 Å². The van der Waals surface area contributed by atoms with E-state index >= 15 is 0 Å². The molecule has 9 N–H and O–H groups in total. The first-order chi connectivity index (χ1) is 46.1. The third-order valence-electron chi connectivity index (χ3n) is 19.2. The number of aliphatic hydroxyl groups is 8. The van der Waals surface area contributed by atoms with Crippen LogP contribution in [0.2, 0.25) is 0 Å². The van der Waals surface area contributed by atoms with Crippen molar-refractivity contribution >= 4 is 5.91 Å². The Kier molecular flexibility index (Phi) is 59.8. The van der Waals surface area contributed by atoms with E-state index in [1.54, 1.807) is 6.08 Å². The van der Waals surface area contributed by atoms with E-state index in [1.165, 1.54) is 257 Å². The fourth-order valence-electron chi connectivity index (χ4n) is 13.0. The van der Waals surface area contributed by atoms with Crippen molar-refractivity contribution in [2.75, 3.05) is 19.8 Å². The number of allylic oxidation sites excluding steroid dienone is 9. The lowest BCUT2D eigenvalue weighted by molar-refractivity contribution is -0.359. The van der Waals surface area contributed by atoms with Crippen LogP contribution in [0.1, 0.15) is 348 Å². The number of aliphatic hydroxyl groups excluding tert-OH is 8. The lowest BCUT2D eigenvalue weighted by Gasteiger charge is -2.46. The Morgan fingerprint density at radius 2 is 0.734 bits per heavy atom. The zero-order valence-electron chi connectivity index (χ0n) is 60.2. The third-order valence-corrected chi connectivity index (χ3v) is 19.2. The van der Waals surface area contributed by atoms with Crippen molar-refractivity contribution in [3.8, 4) is 0 Å². The number of nitrogens with one attached hydrogen (secondary N) is 1. The van der Waals surface area contributed by atoms with Gasteiger partial charge in [-0.05, 0) is 57.8 Å². The van der Waals surface area contributed by atoms with Crippen LogP contribution in [0.4, 0.5) is 0 Å². The van der Waals surface area contributed by atoms with Crippen LogP contribution in [0, 0.1) is 0 Å². The molecule has 0 aromatic heterocycles. The monoisotopic (exact) mass is 1330 g/mol. The summed E-state index contributed by atoms with van der Waals surface area (Å²) in [6.07, 6.45) is 70.3. The quantitative estimate of drug-likeness (QED) is 0.0204. The number of rotatable bonds is 66. The minimum atomic E-state index is -1.79. The molecule has 0 saturated carbocycles. The van der Waals surface area contributed by atoms with E-state index < -0.39 is 86.8 Å². The van der Waals surface area contributed by atoms with Gasteiger partial charge in [-0.3, -0.25) is 4.79 Å². The van der Waals surface area contributed by atoms with E-state index in [-0.39, 0.29) is 18.9 Å². The lowest BCUT2D eigenvalue weighted by Crippen LogP contribution is -2.65. The summed E-state index contributed by atoms with van der Waals surface area (Å²) in [6, 6.07) is -0.914. The fraction of sp³-hybridized carbons (Fsp3) is 0.863. The van der Waals surface area contributed by atoms with Crippen LogP contribution in [-0.2, 0) is 23.7 Å². The molecular formula is C80H147NO13. The first kappa shape index (κ1) is 87.8. The maximum Gasteiger partial charge on any atom is 0.220 e. The van der Waals surface area contributed by atoms with Crippen LogP contribution < -0.4 is 5.32 Å². The van der Waals surface area contributed by atoms with Crippen LogP contribution in [0.25, 0.3) is 0 Å². The predicted octanol–water partition coefficient (Wildman–Crippen LogP) is 17.6. The molecule has 2 saturated heterocycles. The van der Waals surface area contributed by atoms with Crippen molar-refractivity contribution in [1.29, 1.82) is 0 Å². The first-order valence-corrected chi connectivity index (χ1v) is 39.5. The lowest BCUT2D eigenvalue weighted by atomic mass is 9.97. The normalized spacial score (nSPS) is 22.7. The summed E-state index contributed by atoms with van der Waals surface area (Å²) in [7, 11) is 0. The molecule has 2 rings (SSSR count). The maximum atomic E-state index is 13.4. The van der Waals surface area contributed by atoms with Gasteiger partial charge in [0.1, 0.15) is 48.8 Å². The van der Waals surface area contributed by atoms with E-state index in [4.69, 9.17) is 18.9 Å². The molecule has 1 amide bonds. The molecule has 0 bridgehead atoms. The van der Waals surface area contributed by atoms with Crippen LogP contribution >= 0.6 is 0 Å². The Bertz CT molecular complexity index is 1810. The molecule has 12 atom stereocenters. The molecule has 0 radical (unpaired) electrons. The second kappa shape index (κ2) is 64.1. The second-order valence-electron chi connectivity index (χ2n) is 27.8. The molecular weight excluding hydrogens is 1180 g/mol. The average Bonchev–Trinajstić information content (AvgIpc) is 0.794. The topological polar surface area (TPSA) is 228 Å². The summed E-state index contributed by atoms with van der Waals surface area (Å²) in [5.74, 6) is -0.232. The van der Waals surface area contributed by atoms with Gasteiger partial charge >= 0.3 is 0 Å². The molecule has 2 heterocycles. The smallest absolute Gasteiger partial charge is 0.220 e. The minimum absolute atomic E-state index is 0.232. The fourth-order valence-corrected chi connectivity index (χ4v) is 13.0. The van der Waals surface area contributed by atoms with E-state index in [2.05, 4.69) is 67.8 Å². The molecule has 14 nitrogen and oxygen atoms in total. The SMILES string of the molecule is CC/C=C\C/C=C\C/C=C\C/C=C\CCCCCCCCCCCCCCCCCCCCCCCCCCCCCCC(=O)NC(COC1OC(CO)C(OC2OC(CO)C(O)C(O)C2O)C(O)C1O)C(O)/C=C/CCCCCCCCCCCCCCCCCCC. The summed E-state index contributed by atoms with van der Waals surface area (Å²) in [4.78, 5) is 13.4. The van der Waals surface area contributed by atoms with Crippen molar-refractivity contribution in [2.24, 2.45) is 0 Å². The molecule has 2 aliphatic rings. The standard InChI is InChI=1S/C80H147NO13/c1-3-5-7-9-11-13-15-17-19-21-23-24-25-26-27-28-29-30-31-32-33-34-35-36-37-38-39-40-41-42-43-44-46-48-50-52-54-56-58-60-62-64-72(85)81-68(69(84)63-61-59-57-55-53-51-49-47-45-22-20-18-16-14-12-10-8-6-4-2)67-91-79-77(90)75(88)78(71(66-83)93-79)94-80-76(89)74(87)73(86)70(65-82)92-80/h5,7,11,13,17,19,23-24,61,63,68-71,73-80,82-84,86-90H,3-4,6,8-10,12,14-16,18,20-22,25-60,62,64-67H2,1-2H3,(H,81,85)/b7-5-,13-11-,19-17-,24-23-,63-61+. The Labute approximate surface area is 575 Å². The Morgan fingerprint density at radius 1 is 0.394 bits per heavy atom. The van der Waals surface area contributed by atoms with Gasteiger partial charge in [-0.1, -0.05) is 344 Å². The summed E-state index contributed by atoms with van der Waals surface area (Å²) < 4.78 is 22.9. The van der Waals surface area contributed by atoms with Crippen molar-refractivity contribution in [2.45, 2.75) is 421 Å². The highest BCUT2D eigenvalue weighted by Gasteiger charge is 2.51. The summed E-state index contributed by atoms with van der Waals surface area (Å²) >= 11 is 0. The second-order valence-corrected chi connectivity index (χ2v) is 27.8. The van der Waals surface area contributed by atoms with E-state index in [0.29, 0.717) is 6.42 Å². The van der Waals surface area contributed by atoms with E-state index in [1.807, 2.05) is 6.08 Å². The molecule has 0 aromatic rings. The van der Waals surface area contributed by atoms with Gasteiger partial charge in [0.2, 0.25) is 5.91 Å². The third kappa shape index (κ3) is 46.9. The molecule has 0 aliphatic carbocycles. The number of hydrogen-bond acceptors (Lipinski definition) is 13. The number of carbonyl (C=O) groups excluding carboxylic acids is 1. The summed E-state index contributed by atoms with van der Waals surface area (Å²) in [5.41, 5.74) is 0. The zero-order chi connectivity index (χ0) is 68.0. The number of unbranched alkanes of at least 4 members (excludes halogenated alkanes) is 45. The minimum Gasteiger partial charge on any atom is -0.394 e. The van der Waals surface area contributed by atoms with Gasteiger partial charge in [0.15, 0.2) is 12.6 Å². The number of amides is 1. The van der Waals surface area contributed by atoms with Crippen LogP contribution in [-0.4, -0.2) is 140 Å². The molecule has 12 unspecified atom stereocenters. The Hall–Kier alpha value is -2.31. The molecule has 550 valence electrons. The molecule has 14 heteroatoms. The Balaban J connectivity index is 1.55. The Morgan fingerprint density at radius 3 is 1.13 bits per heavy atom. The van der Waals surface area contributed by atoms with Crippen LogP contribution in [0.15, 0.2) is 60.8 Å². The average molecular weight is 1330 g/mol. The highest BCUT2D eigenvalue weighted by Crippen LogP contribution is 2.30. The van der Waals surface area contributed by atoms with E-state index in [0.717, 1.165) is 64.2 Å².